The molecule has 1 aliphatic heterocycles. The van der Waals surface area contributed by atoms with Gasteiger partial charge in [-0.1, -0.05) is 43.7 Å². The summed E-state index contributed by atoms with van der Waals surface area (Å²) in [5, 5.41) is 10.3. The smallest absolute Gasteiger partial charge is 0.337 e. The van der Waals surface area contributed by atoms with Gasteiger partial charge in [0.15, 0.2) is 11.9 Å². The van der Waals surface area contributed by atoms with E-state index in [1.807, 2.05) is 45.9 Å². The predicted octanol–water partition coefficient (Wildman–Crippen LogP) is 7.09. The van der Waals surface area contributed by atoms with Crippen LogP contribution in [-0.2, 0) is 16.0 Å². The molecule has 4 rings (SSSR count). The Hall–Kier alpha value is -3.52. The number of aromatic nitrogens is 2. The molecule has 0 amide bonds. The van der Waals surface area contributed by atoms with Gasteiger partial charge in [-0.3, -0.25) is 4.98 Å². The minimum atomic E-state index is -1.24. The standard InChI is InChI=1S/C33H42FN3O4/c1-21-9-8-10-23(17-21)11-16-40-30-26(34)18-24(19-36-30)25-20-35-22(2)27(29(31(38)39)41-32(3,4)5)28(25)37-14-12-33(6,7)13-15-37/h8-10,17-20,29H,11-16H2,1-7H3,(H,38,39). The van der Waals surface area contributed by atoms with Gasteiger partial charge in [-0.25, -0.2) is 14.2 Å². The summed E-state index contributed by atoms with van der Waals surface area (Å²) in [7, 11) is 0. The highest BCUT2D eigenvalue weighted by Gasteiger charge is 2.36. The van der Waals surface area contributed by atoms with Crippen molar-refractivity contribution in [2.75, 3.05) is 24.6 Å². The van der Waals surface area contributed by atoms with E-state index >= 15 is 4.39 Å². The lowest BCUT2D eigenvalue weighted by Gasteiger charge is -2.40. The maximum atomic E-state index is 15.4. The second-order valence-corrected chi connectivity index (χ2v) is 12.7. The fourth-order valence-electron chi connectivity index (χ4n) is 5.21. The third-order valence-electron chi connectivity index (χ3n) is 7.51. The monoisotopic (exact) mass is 563 g/mol. The van der Waals surface area contributed by atoms with Crippen LogP contribution < -0.4 is 9.64 Å². The third kappa shape index (κ3) is 7.61. The van der Waals surface area contributed by atoms with Crippen LogP contribution >= 0.6 is 0 Å². The number of anilines is 1. The maximum absolute atomic E-state index is 15.4. The number of benzene rings is 1. The Balaban J connectivity index is 1.72. The predicted molar refractivity (Wildman–Crippen MR) is 159 cm³/mol. The molecule has 0 aliphatic carbocycles. The number of halogens is 1. The number of ether oxygens (including phenoxy) is 2. The van der Waals surface area contributed by atoms with Gasteiger partial charge >= 0.3 is 5.97 Å². The number of aryl methyl sites for hydroxylation is 2. The van der Waals surface area contributed by atoms with Crippen molar-refractivity contribution in [3.8, 4) is 17.0 Å². The third-order valence-corrected chi connectivity index (χ3v) is 7.51. The second-order valence-electron chi connectivity index (χ2n) is 12.7. The zero-order chi connectivity index (χ0) is 29.9. The molecule has 2 aromatic heterocycles. The Labute approximate surface area is 242 Å². The fraction of sp³-hybridized carbons (Fsp3) is 0.485. The summed E-state index contributed by atoms with van der Waals surface area (Å²) in [4.78, 5) is 23.6. The van der Waals surface area contributed by atoms with Gasteiger partial charge in [-0.2, -0.15) is 0 Å². The van der Waals surface area contributed by atoms with Gasteiger partial charge in [0.2, 0.25) is 5.88 Å². The largest absolute Gasteiger partial charge is 0.479 e. The van der Waals surface area contributed by atoms with Crippen molar-refractivity contribution in [3.05, 3.63) is 70.9 Å². The van der Waals surface area contributed by atoms with Crippen molar-refractivity contribution >= 4 is 11.7 Å². The van der Waals surface area contributed by atoms with Crippen molar-refractivity contribution in [2.24, 2.45) is 5.41 Å². The second kappa shape index (κ2) is 12.1. The van der Waals surface area contributed by atoms with Crippen LogP contribution in [0, 0.1) is 25.1 Å². The number of carboxylic acids is 1. The molecule has 1 atom stereocenters. The van der Waals surface area contributed by atoms with Gasteiger partial charge in [-0.05, 0) is 64.5 Å². The summed E-state index contributed by atoms with van der Waals surface area (Å²) in [5.41, 5.74) is 4.62. The van der Waals surface area contributed by atoms with Crippen LogP contribution in [0.2, 0.25) is 0 Å². The van der Waals surface area contributed by atoms with Crippen LogP contribution in [0.1, 0.15) is 75.9 Å². The number of nitrogens with zero attached hydrogens (tertiary/aromatic N) is 3. The molecule has 0 bridgehead atoms. The summed E-state index contributed by atoms with van der Waals surface area (Å²) < 4.78 is 27.1. The maximum Gasteiger partial charge on any atom is 0.337 e. The first-order valence-corrected chi connectivity index (χ1v) is 14.2. The van der Waals surface area contributed by atoms with Crippen molar-refractivity contribution in [1.29, 1.82) is 0 Å². The summed E-state index contributed by atoms with van der Waals surface area (Å²) in [6.45, 7) is 15.5. The number of hydrogen-bond acceptors (Lipinski definition) is 6. The minimum Gasteiger partial charge on any atom is -0.479 e. The van der Waals surface area contributed by atoms with E-state index in [4.69, 9.17) is 9.47 Å². The van der Waals surface area contributed by atoms with E-state index in [0.717, 1.165) is 37.1 Å². The molecule has 0 radical (unpaired) electrons. The van der Waals surface area contributed by atoms with Gasteiger partial charge in [0.05, 0.1) is 17.9 Å². The highest BCUT2D eigenvalue weighted by atomic mass is 19.1. The normalized spacial score (nSPS) is 16.0. The topological polar surface area (TPSA) is 84.8 Å². The van der Waals surface area contributed by atoms with E-state index in [2.05, 4.69) is 34.8 Å². The lowest BCUT2D eigenvalue weighted by atomic mass is 9.82. The molecule has 3 aromatic rings. The minimum absolute atomic E-state index is 0.0672. The Morgan fingerprint density at radius 2 is 1.83 bits per heavy atom. The van der Waals surface area contributed by atoms with Crippen LogP contribution in [0.3, 0.4) is 0 Å². The van der Waals surface area contributed by atoms with Gasteiger partial charge in [0, 0.05) is 54.3 Å². The average molecular weight is 564 g/mol. The first-order valence-electron chi connectivity index (χ1n) is 14.2. The van der Waals surface area contributed by atoms with Crippen LogP contribution in [0.4, 0.5) is 10.1 Å². The molecular formula is C33H42FN3O4. The Kier molecular flexibility index (Phi) is 9.02. The Morgan fingerprint density at radius 3 is 2.44 bits per heavy atom. The highest BCUT2D eigenvalue weighted by molar-refractivity contribution is 5.86. The number of carbonyl (C=O) groups is 1. The molecule has 1 N–H and O–H groups in total. The van der Waals surface area contributed by atoms with Crippen LogP contribution in [0.25, 0.3) is 11.1 Å². The molecule has 1 aromatic carbocycles. The van der Waals surface area contributed by atoms with E-state index in [1.165, 1.54) is 6.07 Å². The van der Waals surface area contributed by atoms with Crippen molar-refractivity contribution in [3.63, 3.8) is 0 Å². The molecule has 0 saturated carbocycles. The lowest BCUT2D eigenvalue weighted by molar-refractivity contribution is -0.160. The molecule has 8 heteroatoms. The Bertz CT molecular complexity index is 1390. The van der Waals surface area contributed by atoms with Gasteiger partial charge < -0.3 is 19.5 Å². The molecule has 0 spiro atoms. The molecule has 3 heterocycles. The van der Waals surface area contributed by atoms with E-state index in [9.17, 15) is 9.90 Å². The number of aliphatic carboxylic acids is 1. The average Bonchev–Trinajstić information content (AvgIpc) is 2.88. The SMILES string of the molecule is Cc1cccc(CCOc2ncc(-c3cnc(C)c(C(OC(C)(C)C)C(=O)O)c3N3CCC(C)(C)CC3)cc2F)c1. The van der Waals surface area contributed by atoms with Crippen molar-refractivity contribution in [1.82, 2.24) is 9.97 Å². The van der Waals surface area contributed by atoms with Gasteiger partial charge in [0.1, 0.15) is 0 Å². The summed E-state index contributed by atoms with van der Waals surface area (Å²) in [6.07, 6.45) is 4.51. The summed E-state index contributed by atoms with van der Waals surface area (Å²) >= 11 is 0. The van der Waals surface area contributed by atoms with Crippen LogP contribution in [-0.4, -0.2) is 46.3 Å². The van der Waals surface area contributed by atoms with Crippen LogP contribution in [0.5, 0.6) is 5.88 Å². The lowest BCUT2D eigenvalue weighted by Crippen LogP contribution is -2.39. The van der Waals surface area contributed by atoms with Crippen LogP contribution in [0.15, 0.2) is 42.7 Å². The number of pyridine rings is 2. The first-order chi connectivity index (χ1) is 19.2. The fourth-order valence-corrected chi connectivity index (χ4v) is 5.21. The molecule has 41 heavy (non-hydrogen) atoms. The number of rotatable bonds is 9. The molecule has 220 valence electrons. The number of carboxylic acid groups (broad SMARTS) is 1. The van der Waals surface area contributed by atoms with Gasteiger partial charge in [0.25, 0.3) is 0 Å². The quantitative estimate of drug-likeness (QED) is 0.298. The van der Waals surface area contributed by atoms with E-state index in [0.29, 0.717) is 41.1 Å². The molecule has 7 nitrogen and oxygen atoms in total. The van der Waals surface area contributed by atoms with Gasteiger partial charge in [-0.15, -0.1) is 0 Å². The number of piperidine rings is 1. The Morgan fingerprint density at radius 1 is 1.12 bits per heavy atom. The summed E-state index contributed by atoms with van der Waals surface area (Å²) in [6, 6.07) is 9.51. The summed E-state index contributed by atoms with van der Waals surface area (Å²) in [5.74, 6) is -1.75. The van der Waals surface area contributed by atoms with E-state index in [1.54, 1.807) is 19.3 Å². The molecule has 1 unspecified atom stereocenters. The molecular weight excluding hydrogens is 521 g/mol. The van der Waals surface area contributed by atoms with E-state index < -0.39 is 23.5 Å². The first kappa shape index (κ1) is 30.4. The molecule has 1 saturated heterocycles. The zero-order valence-corrected chi connectivity index (χ0v) is 25.3. The van der Waals surface area contributed by atoms with E-state index in [-0.39, 0.29) is 11.3 Å². The molecule has 1 aliphatic rings. The van der Waals surface area contributed by atoms with Crippen molar-refractivity contribution < 1.29 is 23.8 Å². The van der Waals surface area contributed by atoms with Crippen molar-refractivity contribution in [2.45, 2.75) is 79.4 Å². The zero-order valence-electron chi connectivity index (χ0n) is 25.3. The number of hydrogen-bond donors (Lipinski definition) is 1. The molecule has 1 fully saturated rings. The highest BCUT2D eigenvalue weighted by Crippen LogP contribution is 2.43.